The quantitative estimate of drug-likeness (QED) is 0.835. The van der Waals surface area contributed by atoms with Crippen molar-refractivity contribution in [2.24, 2.45) is 0 Å². The maximum Gasteiger partial charge on any atom is 0.254 e. The predicted octanol–water partition coefficient (Wildman–Crippen LogP) is 0.927. The molecule has 1 aliphatic rings. The number of nitrogen functional groups attached to an aromatic ring is 1. The molecule has 1 amide bonds. The molecule has 1 saturated heterocycles. The number of amides is 1. The Kier molecular flexibility index (Phi) is 4.41. The standard InChI is InChI=1S/C14H20N2O4S/c1-3-16(11-6-7-21(18,19)9-11)14(17)10-4-5-12(15)13(8-10)20-2/h4-5,8,11H,3,6-7,9,15H2,1-2H3. The number of nitrogens with zero attached hydrogens (tertiary/aromatic N) is 1. The van der Waals surface area contributed by atoms with E-state index in [0.717, 1.165) is 0 Å². The second-order valence-electron chi connectivity index (χ2n) is 5.10. The van der Waals surface area contributed by atoms with Gasteiger partial charge in [-0.25, -0.2) is 8.42 Å². The maximum absolute atomic E-state index is 12.6. The summed E-state index contributed by atoms with van der Waals surface area (Å²) in [5.74, 6) is 0.430. The molecule has 0 aromatic heterocycles. The average molecular weight is 312 g/mol. The fourth-order valence-corrected chi connectivity index (χ4v) is 4.33. The molecule has 0 radical (unpaired) electrons. The van der Waals surface area contributed by atoms with E-state index in [1.165, 1.54) is 7.11 Å². The maximum atomic E-state index is 12.6. The van der Waals surface area contributed by atoms with Gasteiger partial charge in [-0.2, -0.15) is 0 Å². The van der Waals surface area contributed by atoms with Crippen LogP contribution in [-0.2, 0) is 9.84 Å². The number of anilines is 1. The summed E-state index contributed by atoms with van der Waals surface area (Å²) in [6, 6.07) is 4.58. The molecule has 1 aromatic rings. The van der Waals surface area contributed by atoms with Gasteiger partial charge in [0.1, 0.15) is 5.75 Å². The third kappa shape index (κ3) is 3.29. The Balaban J connectivity index is 2.25. The van der Waals surface area contributed by atoms with Crippen molar-refractivity contribution in [2.75, 3.05) is 30.9 Å². The van der Waals surface area contributed by atoms with E-state index < -0.39 is 9.84 Å². The number of methoxy groups -OCH3 is 1. The second-order valence-corrected chi connectivity index (χ2v) is 7.33. The number of nitrogens with two attached hydrogens (primary N) is 1. The molecule has 1 aromatic carbocycles. The van der Waals surface area contributed by atoms with Crippen LogP contribution in [0, 0.1) is 0 Å². The van der Waals surface area contributed by atoms with Crippen molar-refractivity contribution in [1.29, 1.82) is 0 Å². The molecule has 1 fully saturated rings. The highest BCUT2D eigenvalue weighted by Crippen LogP contribution is 2.25. The number of carbonyl (C=O) groups excluding carboxylic acids is 1. The largest absolute Gasteiger partial charge is 0.495 e. The van der Waals surface area contributed by atoms with E-state index in [4.69, 9.17) is 10.5 Å². The van der Waals surface area contributed by atoms with E-state index in [9.17, 15) is 13.2 Å². The van der Waals surface area contributed by atoms with Gasteiger partial charge in [-0.05, 0) is 31.5 Å². The zero-order valence-corrected chi connectivity index (χ0v) is 13.0. The second kappa shape index (κ2) is 5.93. The van der Waals surface area contributed by atoms with E-state index in [0.29, 0.717) is 30.0 Å². The average Bonchev–Trinajstić information content (AvgIpc) is 2.80. The Hall–Kier alpha value is -1.76. The minimum atomic E-state index is -3.02. The fraction of sp³-hybridized carbons (Fsp3) is 0.500. The van der Waals surface area contributed by atoms with Crippen LogP contribution in [0.3, 0.4) is 0 Å². The van der Waals surface area contributed by atoms with Gasteiger partial charge < -0.3 is 15.4 Å². The third-order valence-corrected chi connectivity index (χ3v) is 5.48. The lowest BCUT2D eigenvalue weighted by Gasteiger charge is -2.27. The molecule has 1 atom stereocenters. The molecule has 116 valence electrons. The zero-order valence-electron chi connectivity index (χ0n) is 12.2. The first-order valence-corrected chi connectivity index (χ1v) is 8.65. The molecule has 2 N–H and O–H groups in total. The van der Waals surface area contributed by atoms with Gasteiger partial charge in [0.2, 0.25) is 0 Å². The summed E-state index contributed by atoms with van der Waals surface area (Å²) in [4.78, 5) is 14.2. The summed E-state index contributed by atoms with van der Waals surface area (Å²) in [5, 5.41) is 0. The summed E-state index contributed by atoms with van der Waals surface area (Å²) in [5.41, 5.74) is 6.65. The topological polar surface area (TPSA) is 89.7 Å². The first kappa shape index (κ1) is 15.6. The zero-order chi connectivity index (χ0) is 15.6. The van der Waals surface area contributed by atoms with E-state index in [1.54, 1.807) is 23.1 Å². The van der Waals surface area contributed by atoms with E-state index >= 15 is 0 Å². The summed E-state index contributed by atoms with van der Waals surface area (Å²) in [6.07, 6.45) is 0.494. The molecule has 7 heteroatoms. The minimum absolute atomic E-state index is 0.0404. The molecule has 6 nitrogen and oxygen atoms in total. The molecule has 1 heterocycles. The van der Waals surface area contributed by atoms with Crippen molar-refractivity contribution in [3.63, 3.8) is 0 Å². The molecule has 0 saturated carbocycles. The first-order valence-electron chi connectivity index (χ1n) is 6.83. The molecular weight excluding hydrogens is 292 g/mol. The molecule has 1 unspecified atom stereocenters. The number of rotatable bonds is 4. The summed E-state index contributed by atoms with van der Waals surface area (Å²) in [6.45, 7) is 2.31. The van der Waals surface area contributed by atoms with Gasteiger partial charge in [-0.15, -0.1) is 0 Å². The van der Waals surface area contributed by atoms with Crippen LogP contribution in [0.2, 0.25) is 0 Å². The summed E-state index contributed by atoms with van der Waals surface area (Å²) < 4.78 is 28.3. The monoisotopic (exact) mass is 312 g/mol. The van der Waals surface area contributed by atoms with Gasteiger partial charge in [0.05, 0.1) is 24.3 Å². The van der Waals surface area contributed by atoms with Crippen molar-refractivity contribution in [3.8, 4) is 5.75 Å². The number of hydrogen-bond donors (Lipinski definition) is 1. The van der Waals surface area contributed by atoms with Crippen molar-refractivity contribution in [2.45, 2.75) is 19.4 Å². The van der Waals surface area contributed by atoms with Gasteiger partial charge in [-0.3, -0.25) is 4.79 Å². The van der Waals surface area contributed by atoms with E-state index in [-0.39, 0.29) is 23.5 Å². The van der Waals surface area contributed by atoms with Crippen molar-refractivity contribution < 1.29 is 17.9 Å². The van der Waals surface area contributed by atoms with Crippen LogP contribution >= 0.6 is 0 Å². The lowest BCUT2D eigenvalue weighted by molar-refractivity contribution is 0.0708. The number of carbonyl (C=O) groups is 1. The Bertz CT molecular complexity index is 642. The van der Waals surface area contributed by atoms with Gasteiger partial charge in [0.15, 0.2) is 9.84 Å². The van der Waals surface area contributed by atoms with Gasteiger partial charge in [0.25, 0.3) is 5.91 Å². The lowest BCUT2D eigenvalue weighted by atomic mass is 10.1. The van der Waals surface area contributed by atoms with Crippen LogP contribution in [0.25, 0.3) is 0 Å². The lowest BCUT2D eigenvalue weighted by Crippen LogP contribution is -2.41. The Labute approximate surface area is 124 Å². The number of sulfone groups is 1. The Morgan fingerprint density at radius 1 is 1.48 bits per heavy atom. The van der Waals surface area contributed by atoms with Crippen molar-refractivity contribution >= 4 is 21.4 Å². The van der Waals surface area contributed by atoms with Crippen LogP contribution < -0.4 is 10.5 Å². The Morgan fingerprint density at radius 3 is 2.71 bits per heavy atom. The van der Waals surface area contributed by atoms with E-state index in [1.807, 2.05) is 6.92 Å². The van der Waals surface area contributed by atoms with Crippen molar-refractivity contribution in [1.82, 2.24) is 4.90 Å². The van der Waals surface area contributed by atoms with Gasteiger partial charge >= 0.3 is 0 Å². The SMILES string of the molecule is CCN(C(=O)c1ccc(N)c(OC)c1)C1CCS(=O)(=O)C1. The molecule has 2 rings (SSSR count). The number of benzene rings is 1. The predicted molar refractivity (Wildman–Crippen MR) is 81.2 cm³/mol. The molecule has 1 aliphatic heterocycles. The molecule has 0 bridgehead atoms. The van der Waals surface area contributed by atoms with Crippen LogP contribution in [0.1, 0.15) is 23.7 Å². The van der Waals surface area contributed by atoms with Gasteiger partial charge in [0, 0.05) is 18.2 Å². The highest BCUT2D eigenvalue weighted by molar-refractivity contribution is 7.91. The molecule has 21 heavy (non-hydrogen) atoms. The molecule has 0 aliphatic carbocycles. The highest BCUT2D eigenvalue weighted by atomic mass is 32.2. The molecule has 0 spiro atoms. The molecular formula is C14H20N2O4S. The summed E-state index contributed by atoms with van der Waals surface area (Å²) in [7, 11) is -1.54. The van der Waals surface area contributed by atoms with Crippen LogP contribution in [0.15, 0.2) is 18.2 Å². The normalized spacial score (nSPS) is 20.2. The number of ether oxygens (including phenoxy) is 1. The first-order chi connectivity index (χ1) is 9.88. The van der Waals surface area contributed by atoms with Crippen LogP contribution in [0.4, 0.5) is 5.69 Å². The van der Waals surface area contributed by atoms with Crippen molar-refractivity contribution in [3.05, 3.63) is 23.8 Å². The van der Waals surface area contributed by atoms with Crippen LogP contribution in [-0.4, -0.2) is 50.4 Å². The summed E-state index contributed by atoms with van der Waals surface area (Å²) >= 11 is 0. The van der Waals surface area contributed by atoms with E-state index in [2.05, 4.69) is 0 Å². The Morgan fingerprint density at radius 2 is 2.19 bits per heavy atom. The fourth-order valence-electron chi connectivity index (χ4n) is 2.60. The highest BCUT2D eigenvalue weighted by Gasteiger charge is 2.34. The number of hydrogen-bond acceptors (Lipinski definition) is 5. The smallest absolute Gasteiger partial charge is 0.254 e. The van der Waals surface area contributed by atoms with Gasteiger partial charge in [-0.1, -0.05) is 0 Å². The third-order valence-electron chi connectivity index (χ3n) is 3.73. The minimum Gasteiger partial charge on any atom is -0.495 e. The van der Waals surface area contributed by atoms with Crippen LogP contribution in [0.5, 0.6) is 5.75 Å².